The number of hydrogen-bond acceptors (Lipinski definition) is 3. The standard InChI is InChI=1S/C16H19N3O/c1-17-13-10-8-12(9-11-13)16(20)19(3)15-7-5-4-6-14(15)18-2/h4-11,17-18H,1-3H3. The first-order chi connectivity index (χ1) is 9.67. The average molecular weight is 269 g/mol. The van der Waals surface area contributed by atoms with Crippen LogP contribution < -0.4 is 15.5 Å². The molecule has 0 aliphatic heterocycles. The Morgan fingerprint density at radius 2 is 1.60 bits per heavy atom. The van der Waals surface area contributed by atoms with Crippen LogP contribution in [0.1, 0.15) is 10.4 Å². The summed E-state index contributed by atoms with van der Waals surface area (Å²) in [5.41, 5.74) is 3.44. The van der Waals surface area contributed by atoms with Crippen LogP contribution in [0.3, 0.4) is 0 Å². The van der Waals surface area contributed by atoms with Gasteiger partial charge in [-0.15, -0.1) is 0 Å². The number of amides is 1. The molecule has 0 aliphatic rings. The molecule has 4 heteroatoms. The van der Waals surface area contributed by atoms with Crippen LogP contribution in [0.5, 0.6) is 0 Å². The summed E-state index contributed by atoms with van der Waals surface area (Å²) in [5.74, 6) is -0.0321. The van der Waals surface area contributed by atoms with E-state index in [0.717, 1.165) is 17.1 Å². The van der Waals surface area contributed by atoms with Gasteiger partial charge in [0, 0.05) is 32.4 Å². The van der Waals surface area contributed by atoms with E-state index in [-0.39, 0.29) is 5.91 Å². The van der Waals surface area contributed by atoms with Crippen LogP contribution in [0.15, 0.2) is 48.5 Å². The second-order valence-corrected chi connectivity index (χ2v) is 4.46. The fraction of sp³-hybridized carbons (Fsp3) is 0.188. The van der Waals surface area contributed by atoms with Crippen LogP contribution in [0.25, 0.3) is 0 Å². The number of carbonyl (C=O) groups is 1. The largest absolute Gasteiger partial charge is 0.388 e. The molecule has 2 rings (SSSR count). The third-order valence-electron chi connectivity index (χ3n) is 3.26. The number of benzene rings is 2. The van der Waals surface area contributed by atoms with Crippen molar-refractivity contribution < 1.29 is 4.79 Å². The van der Waals surface area contributed by atoms with Crippen molar-refractivity contribution >= 4 is 23.0 Å². The number of para-hydroxylation sites is 2. The molecule has 1 amide bonds. The van der Waals surface area contributed by atoms with E-state index in [1.165, 1.54) is 0 Å². The van der Waals surface area contributed by atoms with E-state index < -0.39 is 0 Å². The Bertz CT molecular complexity index is 593. The van der Waals surface area contributed by atoms with Gasteiger partial charge in [0.1, 0.15) is 0 Å². The van der Waals surface area contributed by atoms with E-state index >= 15 is 0 Å². The minimum absolute atomic E-state index is 0.0321. The molecule has 0 unspecified atom stereocenters. The number of carbonyl (C=O) groups excluding carboxylic acids is 1. The second-order valence-electron chi connectivity index (χ2n) is 4.46. The molecule has 0 spiro atoms. The van der Waals surface area contributed by atoms with E-state index in [1.54, 1.807) is 11.9 Å². The van der Waals surface area contributed by atoms with Gasteiger partial charge in [0.05, 0.1) is 11.4 Å². The highest BCUT2D eigenvalue weighted by Gasteiger charge is 2.15. The summed E-state index contributed by atoms with van der Waals surface area (Å²) in [4.78, 5) is 14.1. The van der Waals surface area contributed by atoms with Crippen molar-refractivity contribution in [2.45, 2.75) is 0 Å². The molecular formula is C16H19N3O. The quantitative estimate of drug-likeness (QED) is 0.896. The second kappa shape index (κ2) is 6.10. The molecule has 0 aliphatic carbocycles. The molecule has 0 saturated carbocycles. The maximum Gasteiger partial charge on any atom is 0.258 e. The number of anilines is 3. The first-order valence-electron chi connectivity index (χ1n) is 6.50. The van der Waals surface area contributed by atoms with Crippen LogP contribution in [0.4, 0.5) is 17.1 Å². The van der Waals surface area contributed by atoms with Crippen molar-refractivity contribution in [1.29, 1.82) is 0 Å². The molecule has 0 atom stereocenters. The van der Waals surface area contributed by atoms with Gasteiger partial charge < -0.3 is 15.5 Å². The van der Waals surface area contributed by atoms with Gasteiger partial charge in [0.2, 0.25) is 0 Å². The lowest BCUT2D eigenvalue weighted by atomic mass is 10.1. The van der Waals surface area contributed by atoms with Gasteiger partial charge in [0.15, 0.2) is 0 Å². The van der Waals surface area contributed by atoms with E-state index in [2.05, 4.69) is 10.6 Å². The Balaban J connectivity index is 2.27. The normalized spacial score (nSPS) is 9.95. The van der Waals surface area contributed by atoms with Crippen molar-refractivity contribution in [3.8, 4) is 0 Å². The molecule has 0 bridgehead atoms. The van der Waals surface area contributed by atoms with Gasteiger partial charge in [-0.25, -0.2) is 0 Å². The minimum atomic E-state index is -0.0321. The highest BCUT2D eigenvalue weighted by molar-refractivity contribution is 6.07. The van der Waals surface area contributed by atoms with Crippen LogP contribution in [0.2, 0.25) is 0 Å². The predicted octanol–water partition coefficient (Wildman–Crippen LogP) is 3.05. The number of rotatable bonds is 4. The summed E-state index contributed by atoms with van der Waals surface area (Å²) < 4.78 is 0. The molecule has 0 fully saturated rings. The summed E-state index contributed by atoms with van der Waals surface area (Å²) in [7, 11) is 5.48. The smallest absolute Gasteiger partial charge is 0.258 e. The zero-order valence-electron chi connectivity index (χ0n) is 12.0. The topological polar surface area (TPSA) is 44.4 Å². The lowest BCUT2D eigenvalue weighted by Gasteiger charge is -2.20. The lowest BCUT2D eigenvalue weighted by molar-refractivity contribution is 0.0993. The molecule has 2 aromatic rings. The zero-order chi connectivity index (χ0) is 14.5. The maximum atomic E-state index is 12.5. The third-order valence-corrected chi connectivity index (χ3v) is 3.26. The zero-order valence-corrected chi connectivity index (χ0v) is 12.0. The Morgan fingerprint density at radius 1 is 0.950 bits per heavy atom. The summed E-state index contributed by atoms with van der Waals surface area (Å²) in [5, 5.41) is 6.13. The first kappa shape index (κ1) is 13.9. The van der Waals surface area contributed by atoms with E-state index in [9.17, 15) is 4.79 Å². The Kier molecular flexibility index (Phi) is 4.25. The molecule has 20 heavy (non-hydrogen) atoms. The van der Waals surface area contributed by atoms with Crippen molar-refractivity contribution in [3.05, 3.63) is 54.1 Å². The SMILES string of the molecule is CNc1ccc(C(=O)N(C)c2ccccc2NC)cc1. The molecule has 2 aromatic carbocycles. The molecule has 0 radical (unpaired) electrons. The van der Waals surface area contributed by atoms with Gasteiger partial charge in [-0.3, -0.25) is 4.79 Å². The molecular weight excluding hydrogens is 250 g/mol. The monoisotopic (exact) mass is 269 g/mol. The van der Waals surface area contributed by atoms with Gasteiger partial charge in [0.25, 0.3) is 5.91 Å². The first-order valence-corrected chi connectivity index (χ1v) is 6.50. The molecule has 4 nitrogen and oxygen atoms in total. The summed E-state index contributed by atoms with van der Waals surface area (Å²) in [6.07, 6.45) is 0. The van der Waals surface area contributed by atoms with E-state index in [4.69, 9.17) is 0 Å². The van der Waals surface area contributed by atoms with Gasteiger partial charge in [-0.1, -0.05) is 12.1 Å². The van der Waals surface area contributed by atoms with Gasteiger partial charge >= 0.3 is 0 Å². The highest BCUT2D eigenvalue weighted by Crippen LogP contribution is 2.25. The molecule has 0 saturated heterocycles. The summed E-state index contributed by atoms with van der Waals surface area (Å²) in [6.45, 7) is 0. The Labute approximate surface area is 119 Å². The number of hydrogen-bond donors (Lipinski definition) is 2. The average Bonchev–Trinajstić information content (AvgIpc) is 2.53. The highest BCUT2D eigenvalue weighted by atomic mass is 16.2. The molecule has 0 heterocycles. The number of nitrogens with one attached hydrogen (secondary N) is 2. The Morgan fingerprint density at radius 3 is 2.20 bits per heavy atom. The van der Waals surface area contributed by atoms with Crippen LogP contribution in [-0.2, 0) is 0 Å². The molecule has 104 valence electrons. The van der Waals surface area contributed by atoms with Crippen molar-refractivity contribution in [3.63, 3.8) is 0 Å². The van der Waals surface area contributed by atoms with Gasteiger partial charge in [-0.05, 0) is 36.4 Å². The fourth-order valence-corrected chi connectivity index (χ4v) is 2.06. The van der Waals surface area contributed by atoms with Crippen molar-refractivity contribution in [2.24, 2.45) is 0 Å². The predicted molar refractivity (Wildman–Crippen MR) is 84.7 cm³/mol. The van der Waals surface area contributed by atoms with Gasteiger partial charge in [-0.2, -0.15) is 0 Å². The summed E-state index contributed by atoms with van der Waals surface area (Å²) >= 11 is 0. The number of nitrogens with zero attached hydrogens (tertiary/aromatic N) is 1. The van der Waals surface area contributed by atoms with Crippen LogP contribution >= 0.6 is 0 Å². The van der Waals surface area contributed by atoms with Crippen molar-refractivity contribution in [1.82, 2.24) is 0 Å². The van der Waals surface area contributed by atoms with Crippen molar-refractivity contribution in [2.75, 3.05) is 36.7 Å². The fourth-order valence-electron chi connectivity index (χ4n) is 2.06. The lowest BCUT2D eigenvalue weighted by Crippen LogP contribution is -2.26. The third kappa shape index (κ3) is 2.74. The summed E-state index contributed by atoms with van der Waals surface area (Å²) in [6, 6.07) is 15.2. The Hall–Kier alpha value is -2.49. The molecule has 2 N–H and O–H groups in total. The van der Waals surface area contributed by atoms with E-state index in [0.29, 0.717) is 5.56 Å². The molecule has 0 aromatic heterocycles. The minimum Gasteiger partial charge on any atom is -0.388 e. The maximum absolute atomic E-state index is 12.5. The van der Waals surface area contributed by atoms with E-state index in [1.807, 2.05) is 62.6 Å². The van der Waals surface area contributed by atoms with Crippen LogP contribution in [-0.4, -0.2) is 27.1 Å². The van der Waals surface area contributed by atoms with Crippen LogP contribution in [0, 0.1) is 0 Å².